The number of likely N-dealkylation sites (tertiary alicyclic amines) is 1. The molecule has 4 N–H and O–H groups in total. The van der Waals surface area contributed by atoms with Crippen LogP contribution in [0.25, 0.3) is 0 Å². The summed E-state index contributed by atoms with van der Waals surface area (Å²) in [6, 6.07) is 13.4. The second kappa shape index (κ2) is 10.9. The number of carbonyl (C=O) groups excluding carboxylic acids is 2. The Hall–Kier alpha value is -3.72. The molecule has 0 radical (unpaired) electrons. The highest BCUT2D eigenvalue weighted by Gasteiger charge is 2.25. The maximum Gasteiger partial charge on any atom is 0.254 e. The van der Waals surface area contributed by atoms with E-state index in [1.54, 1.807) is 48.5 Å². The van der Waals surface area contributed by atoms with Crippen molar-refractivity contribution in [2.45, 2.75) is 12.8 Å². The number of rotatable bonds is 7. The minimum Gasteiger partial charge on any atom is -0.507 e. The molecule has 0 aliphatic carbocycles. The van der Waals surface area contributed by atoms with Crippen LogP contribution in [-0.2, 0) is 9.59 Å². The van der Waals surface area contributed by atoms with Crippen LogP contribution in [0.2, 0.25) is 0 Å². The summed E-state index contributed by atoms with van der Waals surface area (Å²) in [7, 11) is 0. The van der Waals surface area contributed by atoms with Gasteiger partial charge in [0, 0.05) is 17.0 Å². The normalized spacial score (nSPS) is 15.4. The number of hydrazone groups is 2. The van der Waals surface area contributed by atoms with E-state index < -0.39 is 0 Å². The molecule has 9 nitrogen and oxygen atoms in total. The first kappa shape index (κ1) is 22.0. The first-order chi connectivity index (χ1) is 15.0. The number of amides is 2. The van der Waals surface area contributed by atoms with Gasteiger partial charge in [-0.2, -0.15) is 10.2 Å². The van der Waals surface area contributed by atoms with Gasteiger partial charge in [0.15, 0.2) is 0 Å². The molecule has 1 aliphatic heterocycles. The van der Waals surface area contributed by atoms with Crippen LogP contribution in [0, 0.1) is 5.92 Å². The number of nitrogens with one attached hydrogen (secondary N) is 2. The summed E-state index contributed by atoms with van der Waals surface area (Å²) >= 11 is 0. The maximum absolute atomic E-state index is 12.3. The van der Waals surface area contributed by atoms with Crippen molar-refractivity contribution in [3.63, 3.8) is 0 Å². The zero-order valence-corrected chi connectivity index (χ0v) is 16.9. The number of phenols is 2. The van der Waals surface area contributed by atoms with Gasteiger partial charge in [0.25, 0.3) is 5.91 Å². The lowest BCUT2D eigenvalue weighted by molar-refractivity contribution is -0.126. The van der Waals surface area contributed by atoms with Crippen molar-refractivity contribution in [1.29, 1.82) is 0 Å². The van der Waals surface area contributed by atoms with E-state index in [2.05, 4.69) is 21.1 Å². The van der Waals surface area contributed by atoms with E-state index in [0.717, 1.165) is 0 Å². The van der Waals surface area contributed by atoms with Crippen LogP contribution >= 0.6 is 0 Å². The number of carbonyl (C=O) groups is 2. The van der Waals surface area contributed by atoms with Gasteiger partial charge in [-0.3, -0.25) is 14.5 Å². The monoisotopic (exact) mass is 423 g/mol. The van der Waals surface area contributed by atoms with Crippen molar-refractivity contribution < 1.29 is 19.8 Å². The molecule has 0 saturated carbocycles. The highest BCUT2D eigenvalue weighted by molar-refractivity contribution is 5.86. The molecule has 0 atom stereocenters. The van der Waals surface area contributed by atoms with Crippen LogP contribution in [0.4, 0.5) is 0 Å². The number of nitrogens with zero attached hydrogens (tertiary/aromatic N) is 3. The molecule has 3 rings (SSSR count). The summed E-state index contributed by atoms with van der Waals surface area (Å²) in [6.07, 6.45) is 4.03. The van der Waals surface area contributed by atoms with Crippen molar-refractivity contribution in [2.24, 2.45) is 16.1 Å². The number of para-hydroxylation sites is 2. The fraction of sp³-hybridized carbons (Fsp3) is 0.273. The highest BCUT2D eigenvalue weighted by atomic mass is 16.3. The first-order valence-electron chi connectivity index (χ1n) is 9.96. The molecule has 1 fully saturated rings. The van der Waals surface area contributed by atoms with Gasteiger partial charge in [-0.15, -0.1) is 0 Å². The Labute approximate surface area is 180 Å². The van der Waals surface area contributed by atoms with Gasteiger partial charge < -0.3 is 10.2 Å². The Morgan fingerprint density at radius 1 is 0.903 bits per heavy atom. The molecule has 0 aromatic heterocycles. The zero-order valence-electron chi connectivity index (χ0n) is 16.9. The third-order valence-corrected chi connectivity index (χ3v) is 4.97. The molecular weight excluding hydrogens is 398 g/mol. The van der Waals surface area contributed by atoms with Crippen LogP contribution in [0.15, 0.2) is 58.7 Å². The lowest BCUT2D eigenvalue weighted by Gasteiger charge is -2.30. The smallest absolute Gasteiger partial charge is 0.254 e. The Kier molecular flexibility index (Phi) is 7.72. The van der Waals surface area contributed by atoms with Crippen molar-refractivity contribution in [1.82, 2.24) is 15.8 Å². The molecule has 1 heterocycles. The standard InChI is InChI=1S/C22H25N5O4/c28-19-7-3-1-5-17(19)13-23-25-21(30)15-27-11-9-16(10-12-27)22(31)26-24-14-18-6-2-4-8-20(18)29/h1-8,13-14,16,28-29H,9-12,15H2,(H,25,30)(H,26,31)/b23-13-,24-14-. The van der Waals surface area contributed by atoms with Crippen molar-refractivity contribution in [3.05, 3.63) is 59.7 Å². The largest absolute Gasteiger partial charge is 0.507 e. The summed E-state index contributed by atoms with van der Waals surface area (Å²) in [4.78, 5) is 26.3. The van der Waals surface area contributed by atoms with Gasteiger partial charge in [0.1, 0.15) is 11.5 Å². The van der Waals surface area contributed by atoms with Gasteiger partial charge in [0.2, 0.25) is 5.91 Å². The molecular formula is C22H25N5O4. The number of piperidine rings is 1. The number of hydrogen-bond acceptors (Lipinski definition) is 7. The van der Waals surface area contributed by atoms with Crippen molar-refractivity contribution >= 4 is 24.2 Å². The van der Waals surface area contributed by atoms with E-state index in [9.17, 15) is 19.8 Å². The third-order valence-electron chi connectivity index (χ3n) is 4.97. The maximum atomic E-state index is 12.3. The molecule has 9 heteroatoms. The summed E-state index contributed by atoms with van der Waals surface area (Å²) in [5, 5.41) is 27.1. The summed E-state index contributed by atoms with van der Waals surface area (Å²) in [5.41, 5.74) is 6.00. The minimum absolute atomic E-state index is 0.0887. The van der Waals surface area contributed by atoms with Gasteiger partial charge in [0.05, 0.1) is 19.0 Å². The van der Waals surface area contributed by atoms with Crippen LogP contribution in [0.1, 0.15) is 24.0 Å². The van der Waals surface area contributed by atoms with Crippen molar-refractivity contribution in [3.8, 4) is 11.5 Å². The Bertz CT molecular complexity index is 968. The van der Waals surface area contributed by atoms with Crippen LogP contribution in [-0.4, -0.2) is 59.0 Å². The Morgan fingerprint density at radius 3 is 1.97 bits per heavy atom. The van der Waals surface area contributed by atoms with E-state index in [0.29, 0.717) is 37.1 Å². The van der Waals surface area contributed by atoms with Gasteiger partial charge in [-0.25, -0.2) is 10.9 Å². The molecule has 0 unspecified atom stereocenters. The molecule has 2 aromatic rings. The molecule has 0 bridgehead atoms. The highest BCUT2D eigenvalue weighted by Crippen LogP contribution is 2.17. The van der Waals surface area contributed by atoms with Gasteiger partial charge in [-0.1, -0.05) is 24.3 Å². The summed E-state index contributed by atoms with van der Waals surface area (Å²) in [6.45, 7) is 1.40. The summed E-state index contributed by atoms with van der Waals surface area (Å²) < 4.78 is 0. The number of phenolic OH excluding ortho intramolecular Hbond substituents is 2. The van der Waals surface area contributed by atoms with Crippen LogP contribution in [0.3, 0.4) is 0 Å². The number of aromatic hydroxyl groups is 2. The fourth-order valence-electron chi connectivity index (χ4n) is 3.22. The van der Waals surface area contributed by atoms with Crippen LogP contribution in [0.5, 0.6) is 11.5 Å². The Morgan fingerprint density at radius 2 is 1.42 bits per heavy atom. The zero-order chi connectivity index (χ0) is 22.1. The molecule has 2 amide bonds. The molecule has 162 valence electrons. The number of benzene rings is 2. The molecule has 2 aromatic carbocycles. The topological polar surface area (TPSA) is 127 Å². The predicted molar refractivity (Wildman–Crippen MR) is 117 cm³/mol. The minimum atomic E-state index is -0.262. The van der Waals surface area contributed by atoms with Crippen LogP contribution < -0.4 is 10.9 Å². The van der Waals surface area contributed by atoms with E-state index in [4.69, 9.17) is 0 Å². The predicted octanol–water partition coefficient (Wildman–Crippen LogP) is 1.41. The van der Waals surface area contributed by atoms with Gasteiger partial charge >= 0.3 is 0 Å². The molecule has 0 spiro atoms. The quantitative estimate of drug-likeness (QED) is 0.396. The van der Waals surface area contributed by atoms with E-state index in [1.165, 1.54) is 12.4 Å². The molecule has 31 heavy (non-hydrogen) atoms. The second-order valence-electron chi connectivity index (χ2n) is 7.20. The average Bonchev–Trinajstić information content (AvgIpc) is 2.77. The van der Waals surface area contributed by atoms with E-state index in [-0.39, 0.29) is 35.8 Å². The SMILES string of the molecule is O=C(CN1CCC(C(=O)N/N=C\c2ccccc2O)CC1)N/N=C\c1ccccc1O. The van der Waals surface area contributed by atoms with Gasteiger partial charge in [-0.05, 0) is 50.2 Å². The lowest BCUT2D eigenvalue weighted by atomic mass is 9.96. The summed E-state index contributed by atoms with van der Waals surface area (Å²) in [5.74, 6) is -0.437. The molecule has 1 saturated heterocycles. The van der Waals surface area contributed by atoms with E-state index in [1.807, 2.05) is 4.90 Å². The Balaban J connectivity index is 1.38. The first-order valence-corrected chi connectivity index (χ1v) is 9.96. The van der Waals surface area contributed by atoms with Crippen molar-refractivity contribution in [2.75, 3.05) is 19.6 Å². The lowest BCUT2D eigenvalue weighted by Crippen LogP contribution is -2.43. The fourth-order valence-corrected chi connectivity index (χ4v) is 3.22. The van der Waals surface area contributed by atoms with E-state index >= 15 is 0 Å². The number of hydrogen-bond donors (Lipinski definition) is 4. The average molecular weight is 423 g/mol. The second-order valence-corrected chi connectivity index (χ2v) is 7.20. The third kappa shape index (κ3) is 6.65. The molecule has 1 aliphatic rings.